The molecule has 4 rings (SSSR count). The van der Waals surface area contributed by atoms with Gasteiger partial charge in [0.05, 0.1) is 5.69 Å². The maximum absolute atomic E-state index is 14.0. The van der Waals surface area contributed by atoms with E-state index in [1.54, 1.807) is 37.5 Å². The van der Waals surface area contributed by atoms with Crippen molar-refractivity contribution in [2.75, 3.05) is 11.9 Å². The van der Waals surface area contributed by atoms with E-state index in [-0.39, 0.29) is 11.6 Å². The van der Waals surface area contributed by atoms with Crippen molar-refractivity contribution in [3.05, 3.63) is 93.1 Å². The topological polar surface area (TPSA) is 116 Å². The van der Waals surface area contributed by atoms with Gasteiger partial charge in [-0.05, 0) is 107 Å². The van der Waals surface area contributed by atoms with Crippen molar-refractivity contribution in [2.24, 2.45) is 0 Å². The zero-order valence-electron chi connectivity index (χ0n) is 32.4. The lowest BCUT2D eigenvalue weighted by Gasteiger charge is -2.28. The van der Waals surface area contributed by atoms with Crippen LogP contribution in [-0.2, 0) is 21.0 Å². The third-order valence-corrected chi connectivity index (χ3v) is 10.8. The molecular formula is C40H54ClN5O5Si. The van der Waals surface area contributed by atoms with E-state index in [9.17, 15) is 14.4 Å². The lowest BCUT2D eigenvalue weighted by Crippen LogP contribution is -2.48. The Hall–Kier alpha value is -4.19. The number of carbonyl (C=O) groups excluding carboxylic acids is 2. The second-order valence-electron chi connectivity index (χ2n) is 15.9. The van der Waals surface area contributed by atoms with Gasteiger partial charge in [-0.15, -0.1) is 0 Å². The minimum Gasteiger partial charge on any atom is -0.444 e. The summed E-state index contributed by atoms with van der Waals surface area (Å²) in [6.45, 7) is 23.1. The summed E-state index contributed by atoms with van der Waals surface area (Å²) >= 11 is 6.75. The number of alkyl carbamates (subject to hydrolysis) is 1. The molecular weight excluding hydrogens is 694 g/mol. The third-order valence-electron chi connectivity index (χ3n) is 8.80. The third kappa shape index (κ3) is 10.7. The highest BCUT2D eigenvalue weighted by Crippen LogP contribution is 2.33. The van der Waals surface area contributed by atoms with Crippen LogP contribution < -0.4 is 16.2 Å². The molecule has 0 radical (unpaired) electrons. The van der Waals surface area contributed by atoms with Gasteiger partial charge in [-0.25, -0.2) is 9.48 Å². The van der Waals surface area contributed by atoms with Crippen molar-refractivity contribution in [3.8, 4) is 22.3 Å². The fourth-order valence-corrected chi connectivity index (χ4v) is 6.94. The molecule has 0 bridgehead atoms. The first-order chi connectivity index (χ1) is 24.2. The highest BCUT2D eigenvalue weighted by Gasteiger charge is 2.32. The summed E-state index contributed by atoms with van der Waals surface area (Å²) in [6, 6.07) is 16.4. The van der Waals surface area contributed by atoms with Gasteiger partial charge >= 0.3 is 6.09 Å². The van der Waals surface area contributed by atoms with Gasteiger partial charge in [-0.3, -0.25) is 9.59 Å². The average Bonchev–Trinajstić information content (AvgIpc) is 3.33. The van der Waals surface area contributed by atoms with Crippen LogP contribution in [0.5, 0.6) is 0 Å². The van der Waals surface area contributed by atoms with Crippen LogP contribution in [0, 0.1) is 13.8 Å². The van der Waals surface area contributed by atoms with Crippen LogP contribution in [0.15, 0.2) is 65.6 Å². The number of hydrogen-bond acceptors (Lipinski definition) is 6. The summed E-state index contributed by atoms with van der Waals surface area (Å²) in [5.74, 6) is -1.00. The monoisotopic (exact) mass is 747 g/mol. The number of aromatic nitrogens is 3. The van der Waals surface area contributed by atoms with Crippen molar-refractivity contribution < 1.29 is 19.1 Å². The van der Waals surface area contributed by atoms with Gasteiger partial charge in [0.2, 0.25) is 5.91 Å². The number of benzene rings is 2. The van der Waals surface area contributed by atoms with Crippen LogP contribution in [0.1, 0.15) is 70.5 Å². The summed E-state index contributed by atoms with van der Waals surface area (Å²) < 4.78 is 15.1. The van der Waals surface area contributed by atoms with Crippen LogP contribution in [0.3, 0.4) is 0 Å². The van der Waals surface area contributed by atoms with E-state index in [1.807, 2.05) is 81.9 Å². The van der Waals surface area contributed by atoms with Crippen LogP contribution in [-0.4, -0.2) is 52.7 Å². The first-order valence-corrected chi connectivity index (χ1v) is 21.9. The van der Waals surface area contributed by atoms with Crippen LogP contribution in [0.2, 0.25) is 30.7 Å². The number of anilines is 1. The first kappa shape index (κ1) is 40.6. The van der Waals surface area contributed by atoms with E-state index in [0.29, 0.717) is 29.6 Å². The van der Waals surface area contributed by atoms with E-state index < -0.39 is 37.6 Å². The lowest BCUT2D eigenvalue weighted by atomic mass is 9.90. The molecule has 2 N–H and O–H groups in total. The zero-order chi connectivity index (χ0) is 38.5. The van der Waals surface area contributed by atoms with Crippen LogP contribution in [0.25, 0.3) is 22.3 Å². The molecule has 2 unspecified atom stereocenters. The molecule has 0 aliphatic heterocycles. The highest BCUT2D eigenvalue weighted by atomic mass is 35.5. The number of halogens is 1. The number of pyridine rings is 1. The van der Waals surface area contributed by atoms with E-state index in [2.05, 4.69) is 30.3 Å². The second kappa shape index (κ2) is 16.6. The summed E-state index contributed by atoms with van der Waals surface area (Å²) in [4.78, 5) is 39.5. The van der Waals surface area contributed by atoms with Crippen molar-refractivity contribution in [1.82, 2.24) is 19.7 Å². The Balaban J connectivity index is 1.58. The predicted octanol–water partition coefficient (Wildman–Crippen LogP) is 9.18. The van der Waals surface area contributed by atoms with Gasteiger partial charge in [0.15, 0.2) is 0 Å². The summed E-state index contributed by atoms with van der Waals surface area (Å²) in [7, 11) is -1.18. The molecule has 12 heteroatoms. The van der Waals surface area contributed by atoms with Gasteiger partial charge in [0.25, 0.3) is 5.56 Å². The van der Waals surface area contributed by atoms with Crippen LogP contribution >= 0.6 is 11.6 Å². The van der Waals surface area contributed by atoms with Gasteiger partial charge < -0.3 is 24.7 Å². The van der Waals surface area contributed by atoms with Crippen molar-refractivity contribution in [3.63, 3.8) is 0 Å². The zero-order valence-corrected chi connectivity index (χ0v) is 34.1. The molecule has 0 aliphatic carbocycles. The minimum absolute atomic E-state index is 0.0202. The number of nitrogens with zero attached hydrogens (tertiary/aromatic N) is 3. The fourth-order valence-electron chi connectivity index (χ4n) is 5.89. The predicted molar refractivity (Wildman–Crippen MR) is 213 cm³/mol. The second-order valence-corrected chi connectivity index (χ2v) is 21.9. The number of rotatable bonds is 13. The molecule has 0 spiro atoms. The van der Waals surface area contributed by atoms with E-state index in [0.717, 1.165) is 39.7 Å². The van der Waals surface area contributed by atoms with Gasteiger partial charge in [-0.1, -0.05) is 56.4 Å². The Morgan fingerprint density at radius 1 is 0.942 bits per heavy atom. The molecule has 2 heterocycles. The molecule has 0 aliphatic rings. The standard InChI is InChI=1S/C40H54ClN5O5Si/c1-25(2)45-23-31(15-19-35(45)47)30-14-18-34(41)33(22-30)26(3)37(43-39(49)51-40(6,7)8)38(48)42-32-16-12-29(13-17-32)36-27(4)44-46(28(36)5)24-50-20-21-52(9,10)11/h12-19,22-23,25-26,37H,20-21,24H2,1-11H3,(H,42,48)(H,43,49). The van der Waals surface area contributed by atoms with E-state index in [1.165, 1.54) is 6.07 Å². The molecule has 280 valence electrons. The Labute approximate surface area is 313 Å². The summed E-state index contributed by atoms with van der Waals surface area (Å²) in [5, 5.41) is 10.9. The Kier molecular flexibility index (Phi) is 13.0. The van der Waals surface area contributed by atoms with Crippen molar-refractivity contribution in [2.45, 2.75) is 111 Å². The van der Waals surface area contributed by atoms with Gasteiger partial charge in [-0.2, -0.15) is 5.10 Å². The maximum Gasteiger partial charge on any atom is 0.408 e. The smallest absolute Gasteiger partial charge is 0.408 e. The number of amides is 2. The summed E-state index contributed by atoms with van der Waals surface area (Å²) in [5.41, 5.74) is 5.86. The largest absolute Gasteiger partial charge is 0.444 e. The molecule has 0 saturated heterocycles. The average molecular weight is 748 g/mol. The number of aryl methyl sites for hydroxylation is 1. The molecule has 2 atom stereocenters. The van der Waals surface area contributed by atoms with Gasteiger partial charge in [0, 0.05) is 60.9 Å². The molecule has 0 saturated carbocycles. The molecule has 10 nitrogen and oxygen atoms in total. The number of hydrogen-bond donors (Lipinski definition) is 2. The van der Waals surface area contributed by atoms with Crippen molar-refractivity contribution in [1.29, 1.82) is 0 Å². The van der Waals surface area contributed by atoms with E-state index in [4.69, 9.17) is 26.2 Å². The molecule has 52 heavy (non-hydrogen) atoms. The number of nitrogens with one attached hydrogen (secondary N) is 2. The van der Waals surface area contributed by atoms with Crippen LogP contribution in [0.4, 0.5) is 10.5 Å². The first-order valence-electron chi connectivity index (χ1n) is 17.8. The lowest BCUT2D eigenvalue weighted by molar-refractivity contribution is -0.118. The fraction of sp³-hybridized carbons (Fsp3) is 0.450. The Morgan fingerprint density at radius 2 is 1.58 bits per heavy atom. The number of carbonyl (C=O) groups is 2. The number of ether oxygens (including phenoxy) is 2. The molecule has 4 aromatic rings. The molecule has 2 aromatic carbocycles. The maximum atomic E-state index is 14.0. The molecule has 0 fully saturated rings. The molecule has 2 amide bonds. The summed E-state index contributed by atoms with van der Waals surface area (Å²) in [6.07, 6.45) is 1.09. The normalized spacial score (nSPS) is 13.2. The highest BCUT2D eigenvalue weighted by molar-refractivity contribution is 6.76. The Bertz CT molecular complexity index is 1940. The molecule has 2 aromatic heterocycles. The van der Waals surface area contributed by atoms with Gasteiger partial charge in [0.1, 0.15) is 18.4 Å². The minimum atomic E-state index is -1.18. The quantitative estimate of drug-likeness (QED) is 0.104. The Morgan fingerprint density at radius 3 is 2.19 bits per heavy atom. The van der Waals surface area contributed by atoms with E-state index >= 15 is 0 Å². The SMILES string of the molecule is Cc1nn(COCC[Si](C)(C)C)c(C)c1-c1ccc(NC(=O)C(NC(=O)OC(C)(C)C)C(C)c2cc(-c3ccc(=O)n(C(C)C)c3)ccc2Cl)cc1. The van der Waals surface area contributed by atoms with Crippen molar-refractivity contribution >= 4 is 37.4 Å².